The molecule has 0 radical (unpaired) electrons. The number of imide groups is 1. The number of ether oxygens (including phenoxy) is 1. The van der Waals surface area contributed by atoms with E-state index in [1.807, 2.05) is 42.5 Å². The van der Waals surface area contributed by atoms with Gasteiger partial charge in [-0.15, -0.1) is 0 Å². The molecular formula is C18H22N2O4. The molecule has 2 atom stereocenters. The maximum atomic E-state index is 12.0. The number of nitrogens with one attached hydrogen (secondary N) is 2. The number of esters is 1. The van der Waals surface area contributed by atoms with Gasteiger partial charge in [-0.05, 0) is 31.7 Å². The van der Waals surface area contributed by atoms with Crippen molar-refractivity contribution in [3.8, 4) is 0 Å². The maximum absolute atomic E-state index is 12.0. The Morgan fingerprint density at radius 1 is 1.21 bits per heavy atom. The number of rotatable bonds is 5. The van der Waals surface area contributed by atoms with Crippen molar-refractivity contribution in [2.45, 2.75) is 38.8 Å². The average Bonchev–Trinajstić information content (AvgIpc) is 2.61. The van der Waals surface area contributed by atoms with Crippen LogP contribution in [0.5, 0.6) is 0 Å². The molecule has 1 aliphatic rings. The first-order valence-corrected chi connectivity index (χ1v) is 8.04. The standard InChI is InChI=1S/C18H22N2O4/c1-13(24-17(22)15-10-6-3-7-11-15)16(21)20-18(23)19-12-14-8-4-2-5-9-14/h2-6,8-9,13,15H,7,10-12H2,1H3,(H2,19,20,21,23)/t13-,15-/m0/s1. The Bertz CT molecular complexity index is 613. The van der Waals surface area contributed by atoms with E-state index in [0.29, 0.717) is 13.0 Å². The second-order valence-electron chi connectivity index (χ2n) is 5.72. The Morgan fingerprint density at radius 2 is 1.96 bits per heavy atom. The van der Waals surface area contributed by atoms with Gasteiger partial charge in [0.25, 0.3) is 5.91 Å². The van der Waals surface area contributed by atoms with Crippen molar-refractivity contribution in [2.75, 3.05) is 0 Å². The van der Waals surface area contributed by atoms with Gasteiger partial charge in [0.05, 0.1) is 5.92 Å². The van der Waals surface area contributed by atoms with Gasteiger partial charge in [0.15, 0.2) is 6.10 Å². The molecule has 2 N–H and O–H groups in total. The molecule has 0 heterocycles. The first kappa shape index (κ1) is 17.7. The molecule has 2 rings (SSSR count). The van der Waals surface area contributed by atoms with E-state index in [-0.39, 0.29) is 5.92 Å². The molecule has 0 saturated heterocycles. The molecule has 0 saturated carbocycles. The van der Waals surface area contributed by atoms with Gasteiger partial charge in [-0.3, -0.25) is 14.9 Å². The van der Waals surface area contributed by atoms with E-state index in [4.69, 9.17) is 4.74 Å². The Hall–Kier alpha value is -2.63. The van der Waals surface area contributed by atoms with Crippen molar-refractivity contribution in [1.82, 2.24) is 10.6 Å². The Kier molecular flexibility index (Phi) is 6.54. The van der Waals surface area contributed by atoms with Gasteiger partial charge >= 0.3 is 12.0 Å². The number of urea groups is 1. The Balaban J connectivity index is 1.73. The zero-order chi connectivity index (χ0) is 17.4. The zero-order valence-corrected chi connectivity index (χ0v) is 13.7. The normalized spacial score (nSPS) is 17.6. The molecule has 6 nitrogen and oxygen atoms in total. The van der Waals surface area contributed by atoms with E-state index in [1.54, 1.807) is 0 Å². The Morgan fingerprint density at radius 3 is 2.62 bits per heavy atom. The molecule has 0 aromatic heterocycles. The SMILES string of the molecule is C[C@H](OC(=O)[C@H]1CC=CCC1)C(=O)NC(=O)NCc1ccccc1. The number of carbonyl (C=O) groups excluding carboxylic acids is 3. The van der Waals surface area contributed by atoms with Crippen molar-refractivity contribution >= 4 is 17.9 Å². The number of carbonyl (C=O) groups is 3. The minimum Gasteiger partial charge on any atom is -0.452 e. The quantitative estimate of drug-likeness (QED) is 0.641. The monoisotopic (exact) mass is 330 g/mol. The highest BCUT2D eigenvalue weighted by molar-refractivity contribution is 5.97. The molecule has 0 bridgehead atoms. The lowest BCUT2D eigenvalue weighted by Gasteiger charge is -2.19. The number of benzene rings is 1. The van der Waals surface area contributed by atoms with Crippen LogP contribution in [0, 0.1) is 5.92 Å². The second-order valence-corrected chi connectivity index (χ2v) is 5.72. The fraction of sp³-hybridized carbons (Fsp3) is 0.389. The van der Waals surface area contributed by atoms with Crippen LogP contribution in [0.15, 0.2) is 42.5 Å². The lowest BCUT2D eigenvalue weighted by molar-refractivity contribution is -0.158. The molecule has 0 unspecified atom stereocenters. The van der Waals surface area contributed by atoms with Gasteiger partial charge in [-0.25, -0.2) is 4.79 Å². The summed E-state index contributed by atoms with van der Waals surface area (Å²) >= 11 is 0. The first-order valence-electron chi connectivity index (χ1n) is 8.04. The minimum atomic E-state index is -1.01. The summed E-state index contributed by atoms with van der Waals surface area (Å²) in [7, 11) is 0. The third kappa shape index (κ3) is 5.53. The van der Waals surface area contributed by atoms with E-state index >= 15 is 0 Å². The fourth-order valence-electron chi connectivity index (χ4n) is 2.37. The summed E-state index contributed by atoms with van der Waals surface area (Å²) in [5.74, 6) is -1.25. The lowest BCUT2D eigenvalue weighted by Crippen LogP contribution is -2.44. The molecule has 0 aliphatic heterocycles. The van der Waals surface area contributed by atoms with Gasteiger partial charge in [0.1, 0.15) is 0 Å². The van der Waals surface area contributed by atoms with Crippen LogP contribution in [0.4, 0.5) is 4.79 Å². The van der Waals surface area contributed by atoms with Crippen LogP contribution >= 0.6 is 0 Å². The van der Waals surface area contributed by atoms with E-state index < -0.39 is 24.0 Å². The average molecular weight is 330 g/mol. The van der Waals surface area contributed by atoms with Crippen molar-refractivity contribution in [3.05, 3.63) is 48.0 Å². The number of allylic oxidation sites excluding steroid dienone is 2. The molecule has 1 aromatic carbocycles. The van der Waals surface area contributed by atoms with Crippen LogP contribution in [0.25, 0.3) is 0 Å². The number of hydrogen-bond acceptors (Lipinski definition) is 4. The van der Waals surface area contributed by atoms with Crippen molar-refractivity contribution < 1.29 is 19.1 Å². The lowest BCUT2D eigenvalue weighted by atomic mass is 9.95. The van der Waals surface area contributed by atoms with E-state index in [0.717, 1.165) is 18.4 Å². The summed E-state index contributed by atoms with van der Waals surface area (Å²) in [6.07, 6.45) is 5.15. The predicted molar refractivity (Wildman–Crippen MR) is 88.9 cm³/mol. The summed E-state index contributed by atoms with van der Waals surface area (Å²) in [4.78, 5) is 35.6. The third-order valence-electron chi connectivity index (χ3n) is 3.80. The van der Waals surface area contributed by atoms with E-state index in [2.05, 4.69) is 10.6 Å². The summed E-state index contributed by atoms with van der Waals surface area (Å²) < 4.78 is 5.15. The highest BCUT2D eigenvalue weighted by atomic mass is 16.5. The molecule has 3 amide bonds. The fourth-order valence-corrected chi connectivity index (χ4v) is 2.37. The zero-order valence-electron chi connectivity index (χ0n) is 13.7. The van der Waals surface area contributed by atoms with Crippen LogP contribution in [0.3, 0.4) is 0 Å². The highest BCUT2D eigenvalue weighted by Gasteiger charge is 2.25. The van der Waals surface area contributed by atoms with Gasteiger partial charge < -0.3 is 10.1 Å². The molecule has 24 heavy (non-hydrogen) atoms. The summed E-state index contributed by atoms with van der Waals surface area (Å²) in [6, 6.07) is 8.72. The summed E-state index contributed by atoms with van der Waals surface area (Å²) in [5, 5.41) is 4.76. The van der Waals surface area contributed by atoms with Crippen LogP contribution in [0.2, 0.25) is 0 Å². The third-order valence-corrected chi connectivity index (χ3v) is 3.80. The van der Waals surface area contributed by atoms with Crippen LogP contribution in [-0.2, 0) is 20.9 Å². The number of amides is 3. The first-order chi connectivity index (χ1) is 11.6. The maximum Gasteiger partial charge on any atom is 0.321 e. The summed E-state index contributed by atoms with van der Waals surface area (Å²) in [6.45, 7) is 1.76. The van der Waals surface area contributed by atoms with Crippen molar-refractivity contribution in [3.63, 3.8) is 0 Å². The van der Waals surface area contributed by atoms with E-state index in [1.165, 1.54) is 6.92 Å². The van der Waals surface area contributed by atoms with Crippen LogP contribution in [0.1, 0.15) is 31.7 Å². The van der Waals surface area contributed by atoms with Gasteiger partial charge in [-0.2, -0.15) is 0 Å². The molecule has 6 heteroatoms. The second kappa shape index (κ2) is 8.86. The van der Waals surface area contributed by atoms with Gasteiger partial charge in [0.2, 0.25) is 0 Å². The molecule has 1 aromatic rings. The van der Waals surface area contributed by atoms with Crippen molar-refractivity contribution in [2.24, 2.45) is 5.92 Å². The van der Waals surface area contributed by atoms with Crippen molar-refractivity contribution in [1.29, 1.82) is 0 Å². The van der Waals surface area contributed by atoms with Crippen LogP contribution < -0.4 is 10.6 Å². The summed E-state index contributed by atoms with van der Waals surface area (Å²) in [5.41, 5.74) is 0.921. The highest BCUT2D eigenvalue weighted by Crippen LogP contribution is 2.20. The van der Waals surface area contributed by atoms with Crippen LogP contribution in [-0.4, -0.2) is 24.0 Å². The smallest absolute Gasteiger partial charge is 0.321 e. The molecule has 128 valence electrons. The van der Waals surface area contributed by atoms with Gasteiger partial charge in [-0.1, -0.05) is 42.5 Å². The predicted octanol–water partition coefficient (Wildman–Crippen LogP) is 2.30. The molecule has 0 fully saturated rings. The number of hydrogen-bond donors (Lipinski definition) is 2. The van der Waals surface area contributed by atoms with Gasteiger partial charge in [0, 0.05) is 6.54 Å². The molecule has 1 aliphatic carbocycles. The molecule has 0 spiro atoms. The minimum absolute atomic E-state index is 0.211. The molecular weight excluding hydrogens is 308 g/mol. The Labute approximate surface area is 141 Å². The largest absolute Gasteiger partial charge is 0.452 e. The van der Waals surface area contributed by atoms with E-state index in [9.17, 15) is 14.4 Å². The topological polar surface area (TPSA) is 84.5 Å².